The number of aromatic nitrogens is 1. The van der Waals surface area contributed by atoms with E-state index in [0.29, 0.717) is 23.9 Å². The van der Waals surface area contributed by atoms with Crippen molar-refractivity contribution < 1.29 is 22.4 Å². The van der Waals surface area contributed by atoms with Crippen LogP contribution in [0.5, 0.6) is 0 Å². The molecular formula is C13H9F4N3O. The Bertz CT molecular complexity index is 668. The fourth-order valence-corrected chi connectivity index (χ4v) is 1.54. The van der Waals surface area contributed by atoms with Gasteiger partial charge in [-0.05, 0) is 30.3 Å². The molecule has 1 aromatic carbocycles. The van der Waals surface area contributed by atoms with Crippen LogP contribution >= 0.6 is 0 Å². The number of anilines is 2. The number of halogens is 4. The second kappa shape index (κ2) is 5.39. The molecule has 1 heterocycles. The summed E-state index contributed by atoms with van der Waals surface area (Å²) < 4.78 is 51.2. The molecule has 110 valence electrons. The number of rotatable bonds is 2. The van der Waals surface area contributed by atoms with E-state index in [1.54, 1.807) is 0 Å². The summed E-state index contributed by atoms with van der Waals surface area (Å²) in [6.45, 7) is 0. The minimum absolute atomic E-state index is 0.0472. The highest BCUT2D eigenvalue weighted by atomic mass is 19.4. The van der Waals surface area contributed by atoms with Crippen LogP contribution < -0.4 is 11.1 Å². The lowest BCUT2D eigenvalue weighted by atomic mass is 10.1. The first kappa shape index (κ1) is 14.8. The summed E-state index contributed by atoms with van der Waals surface area (Å²) >= 11 is 0. The molecule has 2 aromatic rings. The van der Waals surface area contributed by atoms with Crippen LogP contribution in [0.1, 0.15) is 15.9 Å². The number of alkyl halides is 3. The van der Waals surface area contributed by atoms with Crippen LogP contribution in [-0.4, -0.2) is 10.9 Å². The fourth-order valence-electron chi connectivity index (χ4n) is 1.54. The normalized spacial score (nSPS) is 11.2. The molecule has 0 atom stereocenters. The van der Waals surface area contributed by atoms with E-state index >= 15 is 0 Å². The second-order valence-corrected chi connectivity index (χ2v) is 4.12. The number of amides is 1. The van der Waals surface area contributed by atoms with Gasteiger partial charge in [0, 0.05) is 0 Å². The Labute approximate surface area is 116 Å². The van der Waals surface area contributed by atoms with Crippen molar-refractivity contribution in [3.63, 3.8) is 0 Å². The number of carbonyl (C=O) groups excluding carboxylic acids is 1. The number of carbonyl (C=O) groups is 1. The second-order valence-electron chi connectivity index (χ2n) is 4.12. The topological polar surface area (TPSA) is 68.0 Å². The molecule has 0 aliphatic heterocycles. The van der Waals surface area contributed by atoms with Crippen LogP contribution in [0.15, 0.2) is 36.5 Å². The Kier molecular flexibility index (Phi) is 3.79. The van der Waals surface area contributed by atoms with Gasteiger partial charge in [0.15, 0.2) is 0 Å². The molecule has 3 N–H and O–H groups in total. The average molecular weight is 299 g/mol. The molecule has 4 nitrogen and oxygen atoms in total. The number of nitrogens with one attached hydrogen (secondary N) is 1. The summed E-state index contributed by atoms with van der Waals surface area (Å²) in [7, 11) is 0. The number of hydrogen-bond donors (Lipinski definition) is 2. The van der Waals surface area contributed by atoms with Gasteiger partial charge in [0.1, 0.15) is 11.6 Å². The zero-order chi connectivity index (χ0) is 15.6. The first-order valence-corrected chi connectivity index (χ1v) is 5.67. The summed E-state index contributed by atoms with van der Waals surface area (Å²) in [5.74, 6) is -2.04. The SMILES string of the molecule is Nc1ccc(NC(=O)c2cc(C(F)(F)F)ccc2F)nc1. The fraction of sp³-hybridized carbons (Fsp3) is 0.0769. The minimum Gasteiger partial charge on any atom is -0.397 e. The maximum Gasteiger partial charge on any atom is 0.416 e. The van der Waals surface area contributed by atoms with Crippen LogP contribution in [0, 0.1) is 5.82 Å². The minimum atomic E-state index is -4.66. The summed E-state index contributed by atoms with van der Waals surface area (Å²) in [6, 6.07) is 4.38. The number of nitrogen functional groups attached to an aromatic ring is 1. The molecule has 0 fully saturated rings. The summed E-state index contributed by atoms with van der Waals surface area (Å²) in [6.07, 6.45) is -3.42. The molecule has 21 heavy (non-hydrogen) atoms. The van der Waals surface area contributed by atoms with Gasteiger partial charge in [0.05, 0.1) is 23.0 Å². The standard InChI is InChI=1S/C13H9F4N3O/c14-10-3-1-7(13(15,16)17)5-9(10)12(21)20-11-4-2-8(18)6-19-11/h1-6H,18H2,(H,19,20,21). The smallest absolute Gasteiger partial charge is 0.397 e. The number of hydrogen-bond acceptors (Lipinski definition) is 3. The Morgan fingerprint density at radius 1 is 1.19 bits per heavy atom. The van der Waals surface area contributed by atoms with Crippen molar-refractivity contribution in [3.8, 4) is 0 Å². The number of benzene rings is 1. The van der Waals surface area contributed by atoms with Crippen molar-refractivity contribution >= 4 is 17.4 Å². The molecule has 2 rings (SSSR count). The van der Waals surface area contributed by atoms with Crippen LogP contribution in [0.25, 0.3) is 0 Å². The van der Waals surface area contributed by atoms with E-state index in [0.717, 1.165) is 0 Å². The van der Waals surface area contributed by atoms with E-state index in [1.807, 2.05) is 0 Å². The van der Waals surface area contributed by atoms with Crippen LogP contribution in [0.3, 0.4) is 0 Å². The van der Waals surface area contributed by atoms with Crippen LogP contribution in [-0.2, 0) is 6.18 Å². The molecule has 0 aliphatic carbocycles. The molecular weight excluding hydrogens is 290 g/mol. The average Bonchev–Trinajstić information content (AvgIpc) is 2.40. The van der Waals surface area contributed by atoms with Crippen molar-refractivity contribution in [2.75, 3.05) is 11.1 Å². The first-order valence-electron chi connectivity index (χ1n) is 5.67. The molecule has 0 spiro atoms. The zero-order valence-corrected chi connectivity index (χ0v) is 10.4. The van der Waals surface area contributed by atoms with Crippen LogP contribution in [0.2, 0.25) is 0 Å². The first-order chi connectivity index (χ1) is 9.77. The summed E-state index contributed by atoms with van der Waals surface area (Å²) in [5.41, 5.74) is 3.92. The number of nitrogens with two attached hydrogens (primary N) is 1. The van der Waals surface area contributed by atoms with Gasteiger partial charge in [-0.3, -0.25) is 4.79 Å². The van der Waals surface area contributed by atoms with E-state index in [-0.39, 0.29) is 5.82 Å². The lowest BCUT2D eigenvalue weighted by Crippen LogP contribution is -2.16. The van der Waals surface area contributed by atoms with Gasteiger partial charge in [-0.1, -0.05) is 0 Å². The molecule has 1 aromatic heterocycles. The monoisotopic (exact) mass is 299 g/mol. The van der Waals surface area contributed by atoms with Crippen molar-refractivity contribution in [3.05, 3.63) is 53.5 Å². The molecule has 8 heteroatoms. The van der Waals surface area contributed by atoms with E-state index in [2.05, 4.69) is 10.3 Å². The largest absolute Gasteiger partial charge is 0.416 e. The Balaban J connectivity index is 2.28. The van der Waals surface area contributed by atoms with Crippen molar-refractivity contribution in [1.82, 2.24) is 4.98 Å². The highest BCUT2D eigenvalue weighted by molar-refractivity contribution is 6.04. The Morgan fingerprint density at radius 2 is 1.90 bits per heavy atom. The quantitative estimate of drug-likeness (QED) is 0.837. The van der Waals surface area contributed by atoms with Crippen molar-refractivity contribution in [2.24, 2.45) is 0 Å². The molecule has 0 saturated heterocycles. The van der Waals surface area contributed by atoms with Gasteiger partial charge in [0.2, 0.25) is 0 Å². The third-order valence-electron chi connectivity index (χ3n) is 2.57. The molecule has 0 unspecified atom stereocenters. The van der Waals surface area contributed by atoms with E-state index in [9.17, 15) is 22.4 Å². The summed E-state index contributed by atoms with van der Waals surface area (Å²) in [5, 5.41) is 2.19. The van der Waals surface area contributed by atoms with E-state index in [1.165, 1.54) is 18.3 Å². The number of nitrogens with zero attached hydrogens (tertiary/aromatic N) is 1. The van der Waals surface area contributed by atoms with Gasteiger partial charge in [-0.2, -0.15) is 13.2 Å². The lowest BCUT2D eigenvalue weighted by molar-refractivity contribution is -0.137. The van der Waals surface area contributed by atoms with Gasteiger partial charge in [0.25, 0.3) is 5.91 Å². The lowest BCUT2D eigenvalue weighted by Gasteiger charge is -2.10. The Morgan fingerprint density at radius 3 is 2.48 bits per heavy atom. The van der Waals surface area contributed by atoms with Gasteiger partial charge in [-0.25, -0.2) is 9.37 Å². The molecule has 0 radical (unpaired) electrons. The highest BCUT2D eigenvalue weighted by Crippen LogP contribution is 2.30. The molecule has 0 aliphatic rings. The van der Waals surface area contributed by atoms with Gasteiger partial charge < -0.3 is 11.1 Å². The van der Waals surface area contributed by atoms with Crippen molar-refractivity contribution in [1.29, 1.82) is 0 Å². The van der Waals surface area contributed by atoms with E-state index < -0.39 is 29.0 Å². The zero-order valence-electron chi connectivity index (χ0n) is 10.4. The third-order valence-corrected chi connectivity index (χ3v) is 2.57. The Hall–Kier alpha value is -2.64. The van der Waals surface area contributed by atoms with Crippen molar-refractivity contribution in [2.45, 2.75) is 6.18 Å². The summed E-state index contributed by atoms with van der Waals surface area (Å²) in [4.78, 5) is 15.6. The predicted molar refractivity (Wildman–Crippen MR) is 68.0 cm³/mol. The predicted octanol–water partition coefficient (Wildman–Crippen LogP) is 3.07. The maximum absolute atomic E-state index is 13.5. The van der Waals surface area contributed by atoms with Gasteiger partial charge >= 0.3 is 6.18 Å². The highest BCUT2D eigenvalue weighted by Gasteiger charge is 2.31. The maximum atomic E-state index is 13.5. The third kappa shape index (κ3) is 3.47. The van der Waals surface area contributed by atoms with Crippen LogP contribution in [0.4, 0.5) is 29.1 Å². The molecule has 1 amide bonds. The van der Waals surface area contributed by atoms with Gasteiger partial charge in [-0.15, -0.1) is 0 Å². The molecule has 0 bridgehead atoms. The van der Waals surface area contributed by atoms with E-state index in [4.69, 9.17) is 5.73 Å². The molecule has 0 saturated carbocycles. The number of pyridine rings is 1.